The quantitative estimate of drug-likeness (QED) is 0.848. The highest BCUT2D eigenvalue weighted by atomic mass is 16.2. The molecule has 0 radical (unpaired) electrons. The van der Waals surface area contributed by atoms with Gasteiger partial charge < -0.3 is 15.2 Å². The molecule has 3 rings (SSSR count). The third-order valence-corrected chi connectivity index (χ3v) is 4.47. The number of benzene rings is 1. The van der Waals surface area contributed by atoms with Crippen molar-refractivity contribution in [1.29, 1.82) is 0 Å². The van der Waals surface area contributed by atoms with Crippen LogP contribution in [0.25, 0.3) is 10.9 Å². The Labute approximate surface area is 125 Å². The molecule has 4 heteroatoms. The summed E-state index contributed by atoms with van der Waals surface area (Å²) < 4.78 is 0. The van der Waals surface area contributed by atoms with E-state index in [0.717, 1.165) is 32.4 Å². The molecule has 1 aromatic heterocycles. The Hall–Kier alpha value is -1.81. The van der Waals surface area contributed by atoms with Crippen molar-refractivity contribution in [2.45, 2.75) is 32.2 Å². The van der Waals surface area contributed by atoms with E-state index in [4.69, 9.17) is 0 Å². The summed E-state index contributed by atoms with van der Waals surface area (Å²) in [6.45, 7) is 3.49. The van der Waals surface area contributed by atoms with Crippen molar-refractivity contribution in [2.75, 3.05) is 20.1 Å². The van der Waals surface area contributed by atoms with Crippen LogP contribution in [0.15, 0.2) is 24.3 Å². The summed E-state index contributed by atoms with van der Waals surface area (Å²) in [4.78, 5) is 17.5. The van der Waals surface area contributed by atoms with E-state index >= 15 is 0 Å². The van der Waals surface area contributed by atoms with Gasteiger partial charge in [0.25, 0.3) is 0 Å². The number of amides is 1. The molecular weight excluding hydrogens is 262 g/mol. The van der Waals surface area contributed by atoms with Crippen molar-refractivity contribution in [3.63, 3.8) is 0 Å². The monoisotopic (exact) mass is 285 g/mol. The predicted octanol–water partition coefficient (Wildman–Crippen LogP) is 2.61. The van der Waals surface area contributed by atoms with E-state index in [1.165, 1.54) is 22.2 Å². The van der Waals surface area contributed by atoms with Crippen LogP contribution in [0, 0.1) is 0 Å². The number of para-hydroxylation sites is 1. The molecule has 1 amide bonds. The molecule has 1 unspecified atom stereocenters. The number of carbonyl (C=O) groups excluding carboxylic acids is 1. The Kier molecular flexibility index (Phi) is 3.97. The molecule has 0 fully saturated rings. The number of carbonyl (C=O) groups is 1. The zero-order chi connectivity index (χ0) is 14.8. The lowest BCUT2D eigenvalue weighted by Gasteiger charge is -2.35. The molecule has 1 aromatic carbocycles. The average Bonchev–Trinajstić information content (AvgIpc) is 2.86. The van der Waals surface area contributed by atoms with Crippen molar-refractivity contribution in [1.82, 2.24) is 15.2 Å². The van der Waals surface area contributed by atoms with E-state index in [9.17, 15) is 4.79 Å². The molecule has 2 N–H and O–H groups in total. The summed E-state index contributed by atoms with van der Waals surface area (Å²) in [7, 11) is 1.97. The van der Waals surface area contributed by atoms with Crippen LogP contribution < -0.4 is 5.32 Å². The minimum absolute atomic E-state index is 0.175. The second-order valence-corrected chi connectivity index (χ2v) is 5.79. The maximum Gasteiger partial charge on any atom is 0.220 e. The number of fused-ring (bicyclic) bond motifs is 3. The predicted molar refractivity (Wildman–Crippen MR) is 85.3 cm³/mol. The van der Waals surface area contributed by atoms with Crippen molar-refractivity contribution < 1.29 is 4.79 Å². The number of aromatic amines is 1. The second-order valence-electron chi connectivity index (χ2n) is 5.79. The minimum Gasteiger partial charge on any atom is -0.356 e. The molecule has 0 bridgehead atoms. The molecule has 1 aliphatic rings. The van der Waals surface area contributed by atoms with E-state index in [-0.39, 0.29) is 11.9 Å². The van der Waals surface area contributed by atoms with Crippen molar-refractivity contribution in [2.24, 2.45) is 0 Å². The van der Waals surface area contributed by atoms with Crippen molar-refractivity contribution >= 4 is 16.8 Å². The fourth-order valence-electron chi connectivity index (χ4n) is 3.47. The maximum absolute atomic E-state index is 12.0. The first-order valence-corrected chi connectivity index (χ1v) is 7.73. The first-order valence-electron chi connectivity index (χ1n) is 7.73. The van der Waals surface area contributed by atoms with Crippen molar-refractivity contribution in [3.05, 3.63) is 35.5 Å². The van der Waals surface area contributed by atoms with Crippen LogP contribution in [-0.2, 0) is 11.2 Å². The van der Waals surface area contributed by atoms with Crippen LogP contribution >= 0.6 is 0 Å². The third kappa shape index (κ3) is 2.56. The van der Waals surface area contributed by atoms with Gasteiger partial charge >= 0.3 is 0 Å². The summed E-state index contributed by atoms with van der Waals surface area (Å²) in [5.41, 5.74) is 3.83. The zero-order valence-corrected chi connectivity index (χ0v) is 12.8. The smallest absolute Gasteiger partial charge is 0.220 e. The minimum atomic E-state index is 0.175. The molecule has 0 saturated heterocycles. The van der Waals surface area contributed by atoms with E-state index in [0.29, 0.717) is 0 Å². The highest BCUT2D eigenvalue weighted by molar-refractivity contribution is 5.86. The molecule has 0 saturated carbocycles. The number of nitrogens with one attached hydrogen (secondary N) is 2. The molecule has 1 atom stereocenters. The maximum atomic E-state index is 12.0. The molecule has 0 aliphatic carbocycles. The third-order valence-electron chi connectivity index (χ3n) is 4.47. The summed E-state index contributed by atoms with van der Waals surface area (Å²) in [6, 6.07) is 8.63. The first kappa shape index (κ1) is 14.1. The number of hydrogen-bond donors (Lipinski definition) is 2. The Balaban J connectivity index is 1.99. The van der Waals surface area contributed by atoms with Crippen LogP contribution in [0.1, 0.15) is 37.1 Å². The van der Waals surface area contributed by atoms with Gasteiger partial charge in [-0.25, -0.2) is 0 Å². The lowest BCUT2D eigenvalue weighted by atomic mass is 9.94. The van der Waals surface area contributed by atoms with E-state index in [2.05, 4.69) is 34.6 Å². The number of H-pyrrole nitrogens is 1. The Morgan fingerprint density at radius 1 is 1.43 bits per heavy atom. The molecule has 2 heterocycles. The van der Waals surface area contributed by atoms with Crippen LogP contribution in [0.4, 0.5) is 0 Å². The van der Waals surface area contributed by atoms with Gasteiger partial charge in [0.2, 0.25) is 5.91 Å². The topological polar surface area (TPSA) is 48.1 Å². The lowest BCUT2D eigenvalue weighted by molar-refractivity contribution is -0.132. The normalized spacial score (nSPS) is 18.0. The van der Waals surface area contributed by atoms with Crippen LogP contribution in [0.2, 0.25) is 0 Å². The van der Waals surface area contributed by atoms with Gasteiger partial charge in [-0.15, -0.1) is 0 Å². The Morgan fingerprint density at radius 3 is 3.00 bits per heavy atom. The van der Waals surface area contributed by atoms with Gasteiger partial charge in [-0.3, -0.25) is 4.79 Å². The average molecular weight is 285 g/mol. The van der Waals surface area contributed by atoms with E-state index in [1.807, 2.05) is 11.9 Å². The largest absolute Gasteiger partial charge is 0.356 e. The van der Waals surface area contributed by atoms with Gasteiger partial charge in [-0.1, -0.05) is 18.2 Å². The molecule has 0 spiro atoms. The summed E-state index contributed by atoms with van der Waals surface area (Å²) in [6.07, 6.45) is 3.02. The summed E-state index contributed by atoms with van der Waals surface area (Å²) in [5.74, 6) is 0.175. The molecule has 1 aliphatic heterocycles. The standard InChI is InChI=1S/C17H23N3O/c1-12(21)20-11-9-14-13-6-3-4-7-15(13)19-17(14)16(20)8-5-10-18-2/h3-4,6-7,16,18-19H,5,8-11H2,1-2H3. The zero-order valence-electron chi connectivity index (χ0n) is 12.8. The number of hydrogen-bond acceptors (Lipinski definition) is 2. The Morgan fingerprint density at radius 2 is 2.24 bits per heavy atom. The van der Waals surface area contributed by atoms with Gasteiger partial charge in [0, 0.05) is 30.1 Å². The van der Waals surface area contributed by atoms with Gasteiger partial charge in [0.15, 0.2) is 0 Å². The second kappa shape index (κ2) is 5.90. The summed E-state index contributed by atoms with van der Waals surface area (Å²) >= 11 is 0. The Bertz CT molecular complexity index is 647. The molecule has 21 heavy (non-hydrogen) atoms. The van der Waals surface area contributed by atoms with Gasteiger partial charge in [0.1, 0.15) is 0 Å². The number of nitrogens with zero attached hydrogens (tertiary/aromatic N) is 1. The lowest BCUT2D eigenvalue weighted by Crippen LogP contribution is -2.39. The van der Waals surface area contributed by atoms with E-state index < -0.39 is 0 Å². The van der Waals surface area contributed by atoms with Gasteiger partial charge in [0.05, 0.1) is 6.04 Å². The summed E-state index contributed by atoms with van der Waals surface area (Å²) in [5, 5.41) is 4.50. The van der Waals surface area contributed by atoms with Gasteiger partial charge in [-0.2, -0.15) is 0 Å². The van der Waals surface area contributed by atoms with Crippen molar-refractivity contribution in [3.8, 4) is 0 Å². The molecule has 112 valence electrons. The van der Waals surface area contributed by atoms with Crippen LogP contribution in [-0.4, -0.2) is 35.9 Å². The van der Waals surface area contributed by atoms with Gasteiger partial charge in [-0.05, 0) is 44.5 Å². The molecule has 4 nitrogen and oxygen atoms in total. The fraction of sp³-hybridized carbons (Fsp3) is 0.471. The highest BCUT2D eigenvalue weighted by Gasteiger charge is 2.31. The first-order chi connectivity index (χ1) is 10.2. The van der Waals surface area contributed by atoms with E-state index in [1.54, 1.807) is 6.92 Å². The molecule has 2 aromatic rings. The number of aromatic nitrogens is 1. The SMILES string of the molecule is CNCCCC1c2[nH]c3ccccc3c2CCN1C(C)=O. The van der Waals surface area contributed by atoms with Crippen LogP contribution in [0.3, 0.4) is 0 Å². The molecular formula is C17H23N3O. The fourth-order valence-corrected chi connectivity index (χ4v) is 3.47. The van der Waals surface area contributed by atoms with Crippen LogP contribution in [0.5, 0.6) is 0 Å². The highest BCUT2D eigenvalue weighted by Crippen LogP contribution is 2.36. The number of rotatable bonds is 4.